The SMILES string of the molecule is O=C(Nc1cc2c(nn1)CCCN2Cc1cc(Cl)ccc1Cl)c1cccc(C(=O)N2CCCC2)c1. The molecule has 0 spiro atoms. The first-order valence-corrected chi connectivity index (χ1v) is 12.5. The molecule has 1 saturated heterocycles. The highest BCUT2D eigenvalue weighted by Gasteiger charge is 2.23. The Morgan fingerprint density at radius 3 is 2.54 bits per heavy atom. The van der Waals surface area contributed by atoms with Gasteiger partial charge >= 0.3 is 0 Å². The van der Waals surface area contributed by atoms with Gasteiger partial charge in [0, 0.05) is 53.4 Å². The molecule has 0 atom stereocenters. The van der Waals surface area contributed by atoms with Crippen molar-refractivity contribution >= 4 is 46.5 Å². The Labute approximate surface area is 214 Å². The minimum absolute atomic E-state index is 0.0407. The van der Waals surface area contributed by atoms with Crippen molar-refractivity contribution < 1.29 is 9.59 Å². The summed E-state index contributed by atoms with van der Waals surface area (Å²) < 4.78 is 0. The predicted molar refractivity (Wildman–Crippen MR) is 137 cm³/mol. The number of nitrogens with one attached hydrogen (secondary N) is 1. The number of aryl methyl sites for hydroxylation is 1. The van der Waals surface area contributed by atoms with Crippen LogP contribution in [0.3, 0.4) is 0 Å². The molecule has 9 heteroatoms. The highest BCUT2D eigenvalue weighted by Crippen LogP contribution is 2.31. The first kappa shape index (κ1) is 23.6. The molecule has 5 rings (SSSR count). The first-order chi connectivity index (χ1) is 17.0. The van der Waals surface area contributed by atoms with Gasteiger partial charge in [-0.05, 0) is 67.6 Å². The lowest BCUT2D eigenvalue weighted by atomic mass is 10.1. The van der Waals surface area contributed by atoms with E-state index in [1.165, 1.54) is 0 Å². The van der Waals surface area contributed by atoms with E-state index >= 15 is 0 Å². The molecule has 2 amide bonds. The van der Waals surface area contributed by atoms with Gasteiger partial charge in [-0.15, -0.1) is 5.10 Å². The van der Waals surface area contributed by atoms with Crippen LogP contribution in [-0.2, 0) is 13.0 Å². The summed E-state index contributed by atoms with van der Waals surface area (Å²) in [6, 6.07) is 14.1. The molecular formula is C26H25Cl2N5O2. The maximum absolute atomic E-state index is 13.0. The first-order valence-electron chi connectivity index (χ1n) is 11.7. The van der Waals surface area contributed by atoms with E-state index in [1.54, 1.807) is 36.4 Å². The van der Waals surface area contributed by atoms with Crippen LogP contribution in [-0.4, -0.2) is 46.5 Å². The zero-order valence-corrected chi connectivity index (χ0v) is 20.6. The van der Waals surface area contributed by atoms with Crippen LogP contribution in [0.5, 0.6) is 0 Å². The standard InChI is InChI=1S/C26H25Cl2N5O2/c27-20-8-9-21(28)19(14-20)16-33-12-4-7-22-23(33)15-24(31-30-22)29-25(34)17-5-3-6-18(13-17)26(35)32-10-1-2-11-32/h3,5-6,8-9,13-15H,1-2,4,7,10-12,16H2,(H,29,31,34). The Morgan fingerprint density at radius 2 is 1.71 bits per heavy atom. The van der Waals surface area contributed by atoms with Gasteiger partial charge in [-0.25, -0.2) is 0 Å². The average molecular weight is 510 g/mol. The molecule has 3 aromatic rings. The second kappa shape index (κ2) is 10.2. The number of hydrogen-bond donors (Lipinski definition) is 1. The van der Waals surface area contributed by atoms with E-state index in [2.05, 4.69) is 20.4 Å². The fourth-order valence-corrected chi connectivity index (χ4v) is 4.97. The summed E-state index contributed by atoms with van der Waals surface area (Å²) in [7, 11) is 0. The van der Waals surface area contributed by atoms with Crippen LogP contribution < -0.4 is 10.2 Å². The third-order valence-corrected chi connectivity index (χ3v) is 7.01. The Kier molecular flexibility index (Phi) is 6.88. The number of carbonyl (C=O) groups is 2. The molecular weight excluding hydrogens is 485 g/mol. The van der Waals surface area contributed by atoms with Crippen molar-refractivity contribution in [2.24, 2.45) is 0 Å². The third-order valence-electron chi connectivity index (χ3n) is 6.41. The van der Waals surface area contributed by atoms with Gasteiger partial charge < -0.3 is 15.1 Å². The molecule has 1 N–H and O–H groups in total. The van der Waals surface area contributed by atoms with Crippen molar-refractivity contribution in [2.75, 3.05) is 29.9 Å². The summed E-state index contributed by atoms with van der Waals surface area (Å²) in [6.07, 6.45) is 3.80. The molecule has 0 saturated carbocycles. The normalized spacial score (nSPS) is 15.1. The second-order valence-electron chi connectivity index (χ2n) is 8.86. The number of aromatic nitrogens is 2. The number of fused-ring (bicyclic) bond motifs is 1. The van der Waals surface area contributed by atoms with Crippen molar-refractivity contribution in [3.05, 3.63) is 81.0 Å². The predicted octanol–water partition coefficient (Wildman–Crippen LogP) is 5.22. The summed E-state index contributed by atoms with van der Waals surface area (Å²) in [5, 5.41) is 12.7. The Bertz CT molecular complexity index is 1280. The fraction of sp³-hybridized carbons (Fsp3) is 0.308. The highest BCUT2D eigenvalue weighted by atomic mass is 35.5. The molecule has 0 aliphatic carbocycles. The molecule has 2 aliphatic rings. The number of halogens is 2. The van der Waals surface area contributed by atoms with Gasteiger partial charge in [0.1, 0.15) is 0 Å². The molecule has 35 heavy (non-hydrogen) atoms. The van der Waals surface area contributed by atoms with Crippen molar-refractivity contribution in [2.45, 2.75) is 32.2 Å². The number of carbonyl (C=O) groups excluding carboxylic acids is 2. The van der Waals surface area contributed by atoms with Gasteiger partial charge in [-0.2, -0.15) is 5.10 Å². The number of likely N-dealkylation sites (tertiary alicyclic amines) is 1. The largest absolute Gasteiger partial charge is 0.365 e. The van der Waals surface area contributed by atoms with Crippen LogP contribution >= 0.6 is 23.2 Å². The summed E-state index contributed by atoms with van der Waals surface area (Å²) in [6.45, 7) is 2.93. The van der Waals surface area contributed by atoms with Gasteiger partial charge in [-0.3, -0.25) is 9.59 Å². The van der Waals surface area contributed by atoms with Gasteiger partial charge in [0.15, 0.2) is 5.82 Å². The van der Waals surface area contributed by atoms with E-state index in [0.717, 1.165) is 62.3 Å². The van der Waals surface area contributed by atoms with Crippen LogP contribution in [0.15, 0.2) is 48.5 Å². The lowest BCUT2D eigenvalue weighted by Gasteiger charge is -2.31. The van der Waals surface area contributed by atoms with E-state index < -0.39 is 0 Å². The summed E-state index contributed by atoms with van der Waals surface area (Å²) >= 11 is 12.6. The zero-order chi connectivity index (χ0) is 24.4. The summed E-state index contributed by atoms with van der Waals surface area (Å²) in [5.74, 6) is -0.0225. The van der Waals surface area contributed by atoms with Crippen LogP contribution in [0.2, 0.25) is 10.0 Å². The third kappa shape index (κ3) is 5.26. The maximum atomic E-state index is 13.0. The summed E-state index contributed by atoms with van der Waals surface area (Å²) in [4.78, 5) is 29.7. The van der Waals surface area contributed by atoms with Crippen molar-refractivity contribution in [3.8, 4) is 0 Å². The fourth-order valence-electron chi connectivity index (χ4n) is 4.60. The van der Waals surface area contributed by atoms with Crippen LogP contribution in [0, 0.1) is 0 Å². The number of hydrogen-bond acceptors (Lipinski definition) is 5. The van der Waals surface area contributed by atoms with Crippen LogP contribution in [0.1, 0.15) is 51.2 Å². The quantitative estimate of drug-likeness (QED) is 0.509. The molecule has 1 aromatic heterocycles. The van der Waals surface area contributed by atoms with E-state index in [-0.39, 0.29) is 11.8 Å². The smallest absolute Gasteiger partial charge is 0.256 e. The monoisotopic (exact) mass is 509 g/mol. The highest BCUT2D eigenvalue weighted by molar-refractivity contribution is 6.33. The molecule has 2 aromatic carbocycles. The number of amides is 2. The summed E-state index contributed by atoms with van der Waals surface area (Å²) in [5.41, 5.74) is 3.63. The lowest BCUT2D eigenvalue weighted by Crippen LogP contribution is -2.30. The van der Waals surface area contributed by atoms with Crippen molar-refractivity contribution in [1.29, 1.82) is 0 Å². The van der Waals surface area contributed by atoms with Gasteiger partial charge in [0.25, 0.3) is 11.8 Å². The Hall–Kier alpha value is -3.16. The van der Waals surface area contributed by atoms with E-state index in [9.17, 15) is 9.59 Å². The Morgan fingerprint density at radius 1 is 0.914 bits per heavy atom. The molecule has 1 fully saturated rings. The molecule has 0 unspecified atom stereocenters. The van der Waals surface area contributed by atoms with E-state index in [1.807, 2.05) is 17.0 Å². The molecule has 7 nitrogen and oxygen atoms in total. The molecule has 3 heterocycles. The maximum Gasteiger partial charge on any atom is 0.256 e. The van der Waals surface area contributed by atoms with Crippen molar-refractivity contribution in [3.63, 3.8) is 0 Å². The average Bonchev–Trinajstić information content (AvgIpc) is 3.41. The number of benzene rings is 2. The molecule has 0 bridgehead atoms. The second-order valence-corrected chi connectivity index (χ2v) is 9.70. The lowest BCUT2D eigenvalue weighted by molar-refractivity contribution is 0.0793. The van der Waals surface area contributed by atoms with E-state index in [4.69, 9.17) is 23.2 Å². The minimum Gasteiger partial charge on any atom is -0.365 e. The number of nitrogens with zero attached hydrogens (tertiary/aromatic N) is 4. The molecule has 2 aliphatic heterocycles. The molecule has 0 radical (unpaired) electrons. The Balaban J connectivity index is 1.34. The zero-order valence-electron chi connectivity index (χ0n) is 19.1. The van der Waals surface area contributed by atoms with Crippen LogP contribution in [0.25, 0.3) is 0 Å². The number of anilines is 2. The molecule has 180 valence electrons. The van der Waals surface area contributed by atoms with Crippen LogP contribution in [0.4, 0.5) is 11.5 Å². The number of rotatable bonds is 5. The van der Waals surface area contributed by atoms with Crippen molar-refractivity contribution in [1.82, 2.24) is 15.1 Å². The van der Waals surface area contributed by atoms with Gasteiger partial charge in [0.2, 0.25) is 0 Å². The van der Waals surface area contributed by atoms with Gasteiger partial charge in [0.05, 0.1) is 11.4 Å². The van der Waals surface area contributed by atoms with E-state index in [0.29, 0.717) is 33.5 Å². The van der Waals surface area contributed by atoms with Gasteiger partial charge in [-0.1, -0.05) is 29.3 Å². The minimum atomic E-state index is -0.337. The topological polar surface area (TPSA) is 78.4 Å².